The van der Waals surface area contributed by atoms with Crippen molar-refractivity contribution in [1.29, 1.82) is 0 Å². The van der Waals surface area contributed by atoms with Crippen LogP contribution in [0.3, 0.4) is 0 Å². The van der Waals surface area contributed by atoms with Gasteiger partial charge in [0.2, 0.25) is 0 Å². The van der Waals surface area contributed by atoms with Gasteiger partial charge in [-0.2, -0.15) is 0 Å². The lowest BCUT2D eigenvalue weighted by Crippen LogP contribution is -2.32. The van der Waals surface area contributed by atoms with Gasteiger partial charge in [-0.25, -0.2) is 4.79 Å². The smallest absolute Gasteiger partial charge is 0.307 e. The Morgan fingerprint density at radius 3 is 1.92 bits per heavy atom. The van der Waals surface area contributed by atoms with E-state index in [9.17, 15) is 4.79 Å². The summed E-state index contributed by atoms with van der Waals surface area (Å²) < 4.78 is 0. The topological polar surface area (TPSA) is 32.3 Å². The predicted octanol–water partition coefficient (Wildman–Crippen LogP) is 6.64. The van der Waals surface area contributed by atoms with E-state index in [-0.39, 0.29) is 6.03 Å². The van der Waals surface area contributed by atoms with Gasteiger partial charge in [0, 0.05) is 15.5 Å². The number of rotatable bonds is 2. The number of anilines is 3. The molecule has 2 amide bonds. The van der Waals surface area contributed by atoms with Crippen LogP contribution in [-0.4, -0.2) is 6.03 Å². The van der Waals surface area contributed by atoms with Gasteiger partial charge in [0.05, 0.1) is 11.4 Å². The molecule has 0 aromatic heterocycles. The van der Waals surface area contributed by atoms with E-state index in [1.54, 1.807) is 16.7 Å². The second-order valence-electron chi connectivity index (χ2n) is 6.58. The zero-order valence-corrected chi connectivity index (χ0v) is 15.6. The number of hydrogen-bond acceptors (Lipinski definition) is 2. The summed E-state index contributed by atoms with van der Waals surface area (Å²) in [5.41, 5.74) is 3.88. The summed E-state index contributed by atoms with van der Waals surface area (Å²) in [6.45, 7) is 4.32. The number of fused-ring (bicyclic) bond motifs is 2. The maximum absolute atomic E-state index is 13.1. The van der Waals surface area contributed by atoms with Gasteiger partial charge < -0.3 is 5.32 Å². The second-order valence-corrected chi connectivity index (χ2v) is 7.66. The average Bonchev–Trinajstić information content (AvgIpc) is 2.66. The van der Waals surface area contributed by atoms with Crippen LogP contribution in [0.15, 0.2) is 82.6 Å². The Bertz CT molecular complexity index is 905. The van der Waals surface area contributed by atoms with Crippen LogP contribution in [0.5, 0.6) is 0 Å². The quantitative estimate of drug-likeness (QED) is 0.555. The number of nitrogens with one attached hydrogen (secondary N) is 1. The van der Waals surface area contributed by atoms with E-state index in [1.807, 2.05) is 60.7 Å². The number of carbonyl (C=O) groups excluding carboxylic acids is 1. The third-order valence-corrected chi connectivity index (χ3v) is 5.59. The first-order valence-electron chi connectivity index (χ1n) is 8.70. The van der Waals surface area contributed by atoms with Crippen molar-refractivity contribution in [2.45, 2.75) is 29.6 Å². The molecule has 1 aliphatic heterocycles. The van der Waals surface area contributed by atoms with E-state index in [4.69, 9.17) is 0 Å². The maximum Gasteiger partial charge on any atom is 0.331 e. The van der Waals surface area contributed by atoms with Gasteiger partial charge in [-0.1, -0.05) is 62.0 Å². The van der Waals surface area contributed by atoms with Crippen LogP contribution in [0, 0.1) is 0 Å². The minimum atomic E-state index is -0.150. The Kier molecular flexibility index (Phi) is 4.43. The highest BCUT2D eigenvalue weighted by Gasteiger charge is 2.27. The highest BCUT2D eigenvalue weighted by Crippen LogP contribution is 2.47. The zero-order valence-electron chi connectivity index (χ0n) is 14.8. The Morgan fingerprint density at radius 2 is 1.38 bits per heavy atom. The summed E-state index contributed by atoms with van der Waals surface area (Å²) in [5, 5.41) is 3.04. The monoisotopic (exact) mass is 360 g/mol. The molecule has 4 rings (SSSR count). The van der Waals surface area contributed by atoms with Crippen molar-refractivity contribution < 1.29 is 4.79 Å². The lowest BCUT2D eigenvalue weighted by Gasteiger charge is -2.31. The number of amides is 2. The van der Waals surface area contributed by atoms with Crippen LogP contribution in [-0.2, 0) is 0 Å². The highest BCUT2D eigenvalue weighted by molar-refractivity contribution is 7.99. The van der Waals surface area contributed by atoms with Crippen molar-refractivity contribution in [3.05, 3.63) is 78.4 Å². The molecule has 1 aliphatic rings. The minimum Gasteiger partial charge on any atom is -0.307 e. The molecule has 1 heterocycles. The largest absolute Gasteiger partial charge is 0.331 e. The number of para-hydroxylation sites is 2. The van der Waals surface area contributed by atoms with Crippen molar-refractivity contribution in [2.24, 2.45) is 0 Å². The van der Waals surface area contributed by atoms with Crippen molar-refractivity contribution in [2.75, 3.05) is 10.2 Å². The number of hydrogen-bond donors (Lipinski definition) is 1. The number of urea groups is 1. The molecule has 0 fully saturated rings. The number of nitrogens with zero attached hydrogens (tertiary/aromatic N) is 1. The van der Waals surface area contributed by atoms with Gasteiger partial charge in [0.25, 0.3) is 0 Å². The maximum atomic E-state index is 13.1. The first-order valence-corrected chi connectivity index (χ1v) is 9.52. The van der Waals surface area contributed by atoms with Gasteiger partial charge in [-0.3, -0.25) is 4.90 Å². The fourth-order valence-corrected chi connectivity index (χ4v) is 4.11. The van der Waals surface area contributed by atoms with Crippen LogP contribution in [0.2, 0.25) is 0 Å². The predicted molar refractivity (Wildman–Crippen MR) is 109 cm³/mol. The highest BCUT2D eigenvalue weighted by atomic mass is 32.2. The van der Waals surface area contributed by atoms with Gasteiger partial charge in [-0.05, 0) is 47.9 Å². The SMILES string of the molecule is CC(C)c1ccc(NC(=O)N2c3ccccc3Sc3ccccc32)cc1. The molecule has 0 saturated carbocycles. The van der Waals surface area contributed by atoms with Crippen molar-refractivity contribution >= 4 is 34.9 Å². The molecule has 3 aromatic carbocycles. The fourth-order valence-electron chi connectivity index (χ4n) is 3.05. The first kappa shape index (κ1) is 16.7. The molecule has 0 saturated heterocycles. The molecule has 1 N–H and O–H groups in total. The Hall–Kier alpha value is -2.72. The Morgan fingerprint density at radius 1 is 0.846 bits per heavy atom. The van der Waals surface area contributed by atoms with Gasteiger partial charge >= 0.3 is 6.03 Å². The second kappa shape index (κ2) is 6.89. The van der Waals surface area contributed by atoms with Crippen LogP contribution in [0.25, 0.3) is 0 Å². The molecular formula is C22H20N2OS. The first-order chi connectivity index (χ1) is 12.6. The van der Waals surface area contributed by atoms with E-state index in [2.05, 4.69) is 31.3 Å². The van der Waals surface area contributed by atoms with Crippen molar-refractivity contribution in [1.82, 2.24) is 0 Å². The molecule has 0 unspecified atom stereocenters. The van der Waals surface area contributed by atoms with Crippen LogP contribution in [0.4, 0.5) is 21.9 Å². The summed E-state index contributed by atoms with van der Waals surface area (Å²) in [5.74, 6) is 0.470. The normalized spacial score (nSPS) is 12.5. The van der Waals surface area contributed by atoms with E-state index in [0.29, 0.717) is 5.92 Å². The van der Waals surface area contributed by atoms with E-state index in [0.717, 1.165) is 26.9 Å². The molecule has 130 valence electrons. The summed E-state index contributed by atoms with van der Waals surface area (Å²) >= 11 is 1.69. The summed E-state index contributed by atoms with van der Waals surface area (Å²) in [6, 6.07) is 23.9. The van der Waals surface area contributed by atoms with Crippen molar-refractivity contribution in [3.8, 4) is 0 Å². The van der Waals surface area contributed by atoms with Crippen LogP contribution < -0.4 is 10.2 Å². The van der Waals surface area contributed by atoms with E-state index < -0.39 is 0 Å². The van der Waals surface area contributed by atoms with Gasteiger partial charge in [-0.15, -0.1) is 0 Å². The van der Waals surface area contributed by atoms with Crippen molar-refractivity contribution in [3.63, 3.8) is 0 Å². The molecule has 0 radical (unpaired) electrons. The lowest BCUT2D eigenvalue weighted by atomic mass is 10.0. The molecule has 3 nitrogen and oxygen atoms in total. The Labute approximate surface area is 158 Å². The molecule has 0 aliphatic carbocycles. The molecular weight excluding hydrogens is 340 g/mol. The van der Waals surface area contributed by atoms with Crippen LogP contribution in [0.1, 0.15) is 25.3 Å². The summed E-state index contributed by atoms with van der Waals surface area (Å²) in [7, 11) is 0. The molecule has 0 atom stereocenters. The zero-order chi connectivity index (χ0) is 18.1. The third-order valence-electron chi connectivity index (χ3n) is 4.46. The standard InChI is InChI=1S/C22H20N2OS/c1-15(2)16-11-13-17(14-12-16)23-22(25)24-18-7-3-5-9-20(18)26-21-10-6-4-8-19(21)24/h3-15H,1-2H3,(H,23,25). The number of carbonyl (C=O) groups is 1. The van der Waals surface area contributed by atoms with E-state index in [1.165, 1.54) is 5.56 Å². The third kappa shape index (κ3) is 3.08. The number of benzene rings is 3. The van der Waals surface area contributed by atoms with Gasteiger partial charge in [0.1, 0.15) is 0 Å². The molecule has 3 aromatic rings. The lowest BCUT2D eigenvalue weighted by molar-refractivity contribution is 0.259. The van der Waals surface area contributed by atoms with Crippen LogP contribution >= 0.6 is 11.8 Å². The fraction of sp³-hybridized carbons (Fsp3) is 0.136. The molecule has 26 heavy (non-hydrogen) atoms. The Balaban J connectivity index is 1.67. The summed E-state index contributed by atoms with van der Waals surface area (Å²) in [6.07, 6.45) is 0. The average molecular weight is 360 g/mol. The minimum absolute atomic E-state index is 0.150. The molecule has 4 heteroatoms. The molecule has 0 spiro atoms. The summed E-state index contributed by atoms with van der Waals surface area (Å²) in [4.78, 5) is 17.0. The van der Waals surface area contributed by atoms with E-state index >= 15 is 0 Å². The molecule has 0 bridgehead atoms. The van der Waals surface area contributed by atoms with Gasteiger partial charge in [0.15, 0.2) is 0 Å².